The van der Waals surface area contributed by atoms with E-state index < -0.39 is 0 Å². The van der Waals surface area contributed by atoms with Gasteiger partial charge in [-0.15, -0.1) is 0 Å². The van der Waals surface area contributed by atoms with Crippen molar-refractivity contribution >= 4 is 0 Å². The minimum absolute atomic E-state index is 0.244. The van der Waals surface area contributed by atoms with Crippen LogP contribution in [-0.4, -0.2) is 24.3 Å². The number of rotatable bonds is 6. The van der Waals surface area contributed by atoms with Gasteiger partial charge in [0.2, 0.25) is 0 Å². The molecule has 0 aliphatic heterocycles. The van der Waals surface area contributed by atoms with Gasteiger partial charge in [-0.25, -0.2) is 0 Å². The molecule has 0 saturated heterocycles. The zero-order chi connectivity index (χ0) is 10.2. The van der Waals surface area contributed by atoms with Crippen LogP contribution in [0.1, 0.15) is 18.9 Å². The van der Waals surface area contributed by atoms with Crippen LogP contribution in [0.4, 0.5) is 0 Å². The van der Waals surface area contributed by atoms with E-state index in [1.807, 2.05) is 6.07 Å². The molecule has 2 N–H and O–H groups in total. The molecule has 0 saturated carbocycles. The molecule has 0 spiro atoms. The molecule has 2 heteroatoms. The van der Waals surface area contributed by atoms with Gasteiger partial charge >= 0.3 is 0 Å². The lowest BCUT2D eigenvalue weighted by Crippen LogP contribution is -2.25. The van der Waals surface area contributed by atoms with Crippen molar-refractivity contribution in [3.05, 3.63) is 35.9 Å². The van der Waals surface area contributed by atoms with E-state index in [-0.39, 0.29) is 6.10 Å². The minimum atomic E-state index is -0.244. The van der Waals surface area contributed by atoms with Crippen LogP contribution in [0.5, 0.6) is 0 Å². The fourth-order valence-electron chi connectivity index (χ4n) is 1.37. The number of hydrogen-bond donors (Lipinski definition) is 2. The molecular weight excluding hydrogens is 174 g/mol. The molecule has 1 atom stereocenters. The second-order valence-electron chi connectivity index (χ2n) is 3.64. The van der Waals surface area contributed by atoms with Crippen molar-refractivity contribution in [3.63, 3.8) is 0 Å². The molecule has 0 aromatic heterocycles. The first kappa shape index (κ1) is 11.2. The zero-order valence-corrected chi connectivity index (χ0v) is 8.74. The number of nitrogens with one attached hydrogen (secondary N) is 1. The monoisotopic (exact) mass is 193 g/mol. The summed E-state index contributed by atoms with van der Waals surface area (Å²) in [6, 6.07) is 10.5. The summed E-state index contributed by atoms with van der Waals surface area (Å²) in [5.74, 6) is 0. The molecule has 1 rings (SSSR count). The summed E-state index contributed by atoms with van der Waals surface area (Å²) in [5.41, 5.74) is 1.38. The number of benzene rings is 1. The number of aliphatic hydroxyl groups is 1. The summed E-state index contributed by atoms with van der Waals surface area (Å²) in [7, 11) is 0. The van der Waals surface area contributed by atoms with Crippen molar-refractivity contribution in [2.24, 2.45) is 0 Å². The van der Waals surface area contributed by atoms with Crippen LogP contribution >= 0.6 is 0 Å². The summed E-state index contributed by atoms with van der Waals surface area (Å²) in [6.07, 6.45) is 1.98. The Morgan fingerprint density at radius 2 is 2.00 bits per heavy atom. The summed E-state index contributed by atoms with van der Waals surface area (Å²) in [4.78, 5) is 0. The summed E-state index contributed by atoms with van der Waals surface area (Å²) >= 11 is 0. The lowest BCUT2D eigenvalue weighted by atomic mass is 10.1. The highest BCUT2D eigenvalue weighted by atomic mass is 16.3. The maximum absolute atomic E-state index is 9.01. The Balaban J connectivity index is 2.05. The second-order valence-corrected chi connectivity index (χ2v) is 3.64. The molecule has 1 aromatic carbocycles. The SMILES string of the molecule is C[C@@H](O)CNCCCc1ccccc1. The van der Waals surface area contributed by atoms with E-state index in [2.05, 4.69) is 29.6 Å². The van der Waals surface area contributed by atoms with E-state index in [1.165, 1.54) is 5.56 Å². The average molecular weight is 193 g/mol. The molecule has 14 heavy (non-hydrogen) atoms. The highest BCUT2D eigenvalue weighted by Crippen LogP contribution is 2.01. The third-order valence-corrected chi connectivity index (χ3v) is 2.10. The van der Waals surface area contributed by atoms with Gasteiger partial charge in [0.25, 0.3) is 0 Å². The predicted molar refractivity (Wildman–Crippen MR) is 59.3 cm³/mol. The van der Waals surface area contributed by atoms with Crippen LogP contribution < -0.4 is 5.32 Å². The van der Waals surface area contributed by atoms with E-state index in [4.69, 9.17) is 5.11 Å². The van der Waals surface area contributed by atoms with Crippen molar-refractivity contribution < 1.29 is 5.11 Å². The summed E-state index contributed by atoms with van der Waals surface area (Å²) in [5, 5.41) is 12.2. The molecule has 0 amide bonds. The molecule has 0 unspecified atom stereocenters. The Morgan fingerprint density at radius 3 is 2.64 bits per heavy atom. The fourth-order valence-corrected chi connectivity index (χ4v) is 1.37. The van der Waals surface area contributed by atoms with Crippen molar-refractivity contribution in [1.82, 2.24) is 5.32 Å². The lowest BCUT2D eigenvalue weighted by molar-refractivity contribution is 0.191. The molecule has 78 valence electrons. The van der Waals surface area contributed by atoms with Gasteiger partial charge in [-0.1, -0.05) is 30.3 Å². The highest BCUT2D eigenvalue weighted by Gasteiger charge is 1.94. The molecular formula is C12H19NO. The van der Waals surface area contributed by atoms with Crippen LogP contribution in [-0.2, 0) is 6.42 Å². The third kappa shape index (κ3) is 5.00. The van der Waals surface area contributed by atoms with Crippen LogP contribution in [0.3, 0.4) is 0 Å². The summed E-state index contributed by atoms with van der Waals surface area (Å²) in [6.45, 7) is 3.46. The number of hydrogen-bond acceptors (Lipinski definition) is 2. The van der Waals surface area contributed by atoms with Gasteiger partial charge in [-0.05, 0) is 31.9 Å². The average Bonchev–Trinajstić information content (AvgIpc) is 2.18. The lowest BCUT2D eigenvalue weighted by Gasteiger charge is -2.06. The molecule has 2 nitrogen and oxygen atoms in total. The van der Waals surface area contributed by atoms with Crippen LogP contribution in [0.25, 0.3) is 0 Å². The highest BCUT2D eigenvalue weighted by molar-refractivity contribution is 5.14. The first-order chi connectivity index (χ1) is 6.79. The van der Waals surface area contributed by atoms with Gasteiger partial charge in [0.15, 0.2) is 0 Å². The Labute approximate surface area is 86.0 Å². The standard InChI is InChI=1S/C12H19NO/c1-11(14)10-13-9-5-8-12-6-3-2-4-7-12/h2-4,6-7,11,13-14H,5,8-10H2,1H3/t11-/m1/s1. The topological polar surface area (TPSA) is 32.3 Å². The summed E-state index contributed by atoms with van der Waals surface area (Å²) < 4.78 is 0. The first-order valence-electron chi connectivity index (χ1n) is 5.22. The smallest absolute Gasteiger partial charge is 0.0636 e. The Bertz CT molecular complexity index is 233. The van der Waals surface area contributed by atoms with Crippen molar-refractivity contribution in [2.75, 3.05) is 13.1 Å². The van der Waals surface area contributed by atoms with Gasteiger partial charge in [-0.3, -0.25) is 0 Å². The van der Waals surface area contributed by atoms with Crippen LogP contribution in [0.2, 0.25) is 0 Å². The third-order valence-electron chi connectivity index (χ3n) is 2.10. The van der Waals surface area contributed by atoms with Crippen molar-refractivity contribution in [3.8, 4) is 0 Å². The first-order valence-corrected chi connectivity index (χ1v) is 5.22. The van der Waals surface area contributed by atoms with Gasteiger partial charge in [-0.2, -0.15) is 0 Å². The molecule has 0 aliphatic carbocycles. The predicted octanol–water partition coefficient (Wildman–Crippen LogP) is 1.59. The fraction of sp³-hybridized carbons (Fsp3) is 0.500. The Hall–Kier alpha value is -0.860. The van der Waals surface area contributed by atoms with Crippen molar-refractivity contribution in [1.29, 1.82) is 0 Å². The minimum Gasteiger partial charge on any atom is -0.392 e. The van der Waals surface area contributed by atoms with E-state index in [0.717, 1.165) is 19.4 Å². The maximum atomic E-state index is 9.01. The van der Waals surface area contributed by atoms with E-state index in [1.54, 1.807) is 6.92 Å². The van der Waals surface area contributed by atoms with Gasteiger partial charge < -0.3 is 10.4 Å². The Morgan fingerprint density at radius 1 is 1.29 bits per heavy atom. The van der Waals surface area contributed by atoms with Crippen LogP contribution in [0, 0.1) is 0 Å². The largest absolute Gasteiger partial charge is 0.392 e. The normalized spacial score (nSPS) is 12.7. The molecule has 1 aromatic rings. The zero-order valence-electron chi connectivity index (χ0n) is 8.74. The van der Waals surface area contributed by atoms with Crippen LogP contribution in [0.15, 0.2) is 30.3 Å². The molecule has 0 radical (unpaired) electrons. The second kappa shape index (κ2) is 6.57. The van der Waals surface area contributed by atoms with Gasteiger partial charge in [0.05, 0.1) is 6.10 Å². The van der Waals surface area contributed by atoms with Crippen molar-refractivity contribution in [2.45, 2.75) is 25.9 Å². The number of aliphatic hydroxyl groups excluding tert-OH is 1. The van der Waals surface area contributed by atoms with E-state index >= 15 is 0 Å². The number of aryl methyl sites for hydroxylation is 1. The van der Waals surface area contributed by atoms with Gasteiger partial charge in [0, 0.05) is 6.54 Å². The van der Waals surface area contributed by atoms with E-state index in [9.17, 15) is 0 Å². The maximum Gasteiger partial charge on any atom is 0.0636 e. The quantitative estimate of drug-likeness (QED) is 0.672. The molecule has 0 fully saturated rings. The molecule has 0 aliphatic rings. The Kier molecular flexibility index (Phi) is 5.27. The molecule has 0 heterocycles. The molecule has 0 bridgehead atoms. The van der Waals surface area contributed by atoms with Gasteiger partial charge in [0.1, 0.15) is 0 Å². The van der Waals surface area contributed by atoms with E-state index in [0.29, 0.717) is 6.54 Å².